The molecule has 4 rings (SSSR count). The van der Waals surface area contributed by atoms with Crippen LogP contribution in [-0.2, 0) is 11.4 Å². The molecule has 1 aromatic heterocycles. The van der Waals surface area contributed by atoms with Gasteiger partial charge in [-0.1, -0.05) is 17.3 Å². The third kappa shape index (κ3) is 4.40. The minimum Gasteiger partial charge on any atom is -0.493 e. The number of hydrazone groups is 1. The fraction of sp³-hybridized carbons (Fsp3) is 0.200. The van der Waals surface area contributed by atoms with Crippen molar-refractivity contribution in [3.8, 4) is 11.5 Å². The summed E-state index contributed by atoms with van der Waals surface area (Å²) in [6, 6.07) is 11.4. The molecule has 34 heavy (non-hydrogen) atoms. The normalized spacial score (nSPS) is 14.5. The van der Waals surface area contributed by atoms with Gasteiger partial charge >= 0.3 is 5.97 Å². The van der Waals surface area contributed by atoms with Crippen LogP contribution in [0.2, 0.25) is 0 Å². The van der Waals surface area contributed by atoms with Gasteiger partial charge < -0.3 is 19.1 Å². The number of benzene rings is 2. The van der Waals surface area contributed by atoms with Crippen LogP contribution in [0.5, 0.6) is 11.5 Å². The van der Waals surface area contributed by atoms with Crippen LogP contribution in [0.15, 0.2) is 57.7 Å². The molecule has 1 N–H and O–H groups in total. The molecular weight excluding hydrogens is 438 g/mol. The van der Waals surface area contributed by atoms with Gasteiger partial charge in [-0.15, -0.1) is 0 Å². The maximum Gasteiger partial charge on any atom is 0.335 e. The summed E-state index contributed by atoms with van der Waals surface area (Å²) in [5, 5.41) is 18.7. The first-order valence-corrected chi connectivity index (χ1v) is 10.5. The highest BCUT2D eigenvalue weighted by molar-refractivity contribution is 6.32. The van der Waals surface area contributed by atoms with Crippen molar-refractivity contribution in [1.29, 1.82) is 0 Å². The monoisotopic (exact) mass is 461 g/mol. The summed E-state index contributed by atoms with van der Waals surface area (Å²) in [7, 11) is 1.54. The molecule has 0 spiro atoms. The van der Waals surface area contributed by atoms with Gasteiger partial charge in [-0.3, -0.25) is 4.79 Å². The van der Waals surface area contributed by atoms with Gasteiger partial charge in [0.25, 0.3) is 5.91 Å². The van der Waals surface area contributed by atoms with Gasteiger partial charge in [0.05, 0.1) is 40.9 Å². The molecule has 2 aromatic carbocycles. The number of carbonyl (C=O) groups excluding carboxylic acids is 1. The van der Waals surface area contributed by atoms with E-state index in [4.69, 9.17) is 14.0 Å². The first-order chi connectivity index (χ1) is 16.3. The number of carboxylic acids is 1. The average molecular weight is 461 g/mol. The van der Waals surface area contributed by atoms with E-state index in [-0.39, 0.29) is 18.1 Å². The lowest BCUT2D eigenvalue weighted by molar-refractivity contribution is -0.114. The quantitative estimate of drug-likeness (QED) is 0.519. The lowest BCUT2D eigenvalue weighted by Gasteiger charge is -2.13. The largest absolute Gasteiger partial charge is 0.493 e. The Morgan fingerprint density at radius 3 is 2.62 bits per heavy atom. The summed E-state index contributed by atoms with van der Waals surface area (Å²) in [5.41, 5.74) is 3.74. The van der Waals surface area contributed by atoms with Crippen LogP contribution in [0.1, 0.15) is 39.9 Å². The highest BCUT2D eigenvalue weighted by Crippen LogP contribution is 2.32. The number of aromatic carboxylic acids is 1. The number of aromatic nitrogens is 1. The summed E-state index contributed by atoms with van der Waals surface area (Å²) >= 11 is 0. The topological polar surface area (TPSA) is 114 Å². The zero-order valence-electron chi connectivity index (χ0n) is 19.2. The van der Waals surface area contributed by atoms with Crippen molar-refractivity contribution in [3.05, 3.63) is 76.2 Å². The molecule has 2 heterocycles. The lowest BCUT2D eigenvalue weighted by Crippen LogP contribution is -2.21. The molecule has 0 aliphatic carbocycles. The molecule has 9 heteroatoms. The third-order valence-corrected chi connectivity index (χ3v) is 5.45. The van der Waals surface area contributed by atoms with Crippen molar-refractivity contribution in [1.82, 2.24) is 5.16 Å². The number of amides is 1. The predicted octanol–water partition coefficient (Wildman–Crippen LogP) is 4.38. The van der Waals surface area contributed by atoms with Crippen LogP contribution in [0.4, 0.5) is 5.69 Å². The molecule has 1 aliphatic heterocycles. The zero-order chi connectivity index (χ0) is 24.4. The molecular formula is C25H23N3O6. The summed E-state index contributed by atoms with van der Waals surface area (Å²) in [4.78, 5) is 24.3. The van der Waals surface area contributed by atoms with Gasteiger partial charge in [0.1, 0.15) is 12.4 Å². The van der Waals surface area contributed by atoms with Crippen LogP contribution in [0.25, 0.3) is 6.08 Å². The van der Waals surface area contributed by atoms with E-state index in [1.165, 1.54) is 17.1 Å². The second-order valence-electron chi connectivity index (χ2n) is 7.72. The standard InChI is InChI=1S/C25H23N3O6/c1-14-20(24(29)28(26-14)19-7-5-6-18(12-19)25(30)31)10-17-8-9-22(23(11-17)32-4)33-13-21-15(2)27-34-16(21)3/h5-12H,13H2,1-4H3,(H,30,31)/b20-10-. The van der Waals surface area contributed by atoms with Crippen molar-refractivity contribution in [2.75, 3.05) is 12.1 Å². The molecule has 174 valence electrons. The van der Waals surface area contributed by atoms with Crippen molar-refractivity contribution in [2.24, 2.45) is 5.10 Å². The number of hydrogen-bond acceptors (Lipinski definition) is 7. The molecule has 1 aliphatic rings. The molecule has 9 nitrogen and oxygen atoms in total. The Kier molecular flexibility index (Phi) is 6.18. The first kappa shape index (κ1) is 22.8. The Morgan fingerprint density at radius 1 is 1.15 bits per heavy atom. The number of methoxy groups -OCH3 is 1. The fourth-order valence-electron chi connectivity index (χ4n) is 3.55. The number of hydrogen-bond donors (Lipinski definition) is 1. The Balaban J connectivity index is 1.56. The van der Waals surface area contributed by atoms with Gasteiger partial charge in [0.15, 0.2) is 11.5 Å². The number of nitrogens with zero attached hydrogens (tertiary/aromatic N) is 3. The van der Waals surface area contributed by atoms with E-state index in [2.05, 4.69) is 10.3 Å². The summed E-state index contributed by atoms with van der Waals surface area (Å²) in [6.45, 7) is 5.69. The van der Waals surface area contributed by atoms with E-state index in [1.54, 1.807) is 44.4 Å². The number of carbonyl (C=O) groups is 2. The number of aryl methyl sites for hydroxylation is 2. The van der Waals surface area contributed by atoms with Gasteiger partial charge in [-0.05, 0) is 62.7 Å². The Bertz CT molecular complexity index is 1320. The van der Waals surface area contributed by atoms with Crippen LogP contribution >= 0.6 is 0 Å². The first-order valence-electron chi connectivity index (χ1n) is 10.5. The van der Waals surface area contributed by atoms with Crippen molar-refractivity contribution in [3.63, 3.8) is 0 Å². The van der Waals surface area contributed by atoms with E-state index >= 15 is 0 Å². The number of ether oxygens (including phenoxy) is 2. The van der Waals surface area contributed by atoms with E-state index in [0.29, 0.717) is 34.2 Å². The van der Waals surface area contributed by atoms with E-state index in [1.807, 2.05) is 19.9 Å². The van der Waals surface area contributed by atoms with Crippen molar-refractivity contribution < 1.29 is 28.7 Å². The van der Waals surface area contributed by atoms with Crippen molar-refractivity contribution in [2.45, 2.75) is 27.4 Å². The van der Waals surface area contributed by atoms with E-state index in [0.717, 1.165) is 16.8 Å². The highest BCUT2D eigenvalue weighted by atomic mass is 16.5. The fourth-order valence-corrected chi connectivity index (χ4v) is 3.55. The molecule has 0 saturated heterocycles. The second kappa shape index (κ2) is 9.22. The smallest absolute Gasteiger partial charge is 0.335 e. The summed E-state index contributed by atoms with van der Waals surface area (Å²) in [6.07, 6.45) is 1.71. The Morgan fingerprint density at radius 2 is 1.94 bits per heavy atom. The molecule has 0 unspecified atom stereocenters. The van der Waals surface area contributed by atoms with Crippen LogP contribution in [0, 0.1) is 13.8 Å². The minimum atomic E-state index is -1.08. The summed E-state index contributed by atoms with van der Waals surface area (Å²) in [5.74, 6) is 0.323. The molecule has 1 amide bonds. The van der Waals surface area contributed by atoms with Crippen LogP contribution < -0.4 is 14.5 Å². The van der Waals surface area contributed by atoms with Gasteiger partial charge in [-0.2, -0.15) is 10.1 Å². The maximum atomic E-state index is 13.0. The third-order valence-electron chi connectivity index (χ3n) is 5.45. The van der Waals surface area contributed by atoms with Gasteiger partial charge in [-0.25, -0.2) is 4.79 Å². The molecule has 0 fully saturated rings. The van der Waals surface area contributed by atoms with Gasteiger partial charge in [0.2, 0.25) is 0 Å². The second-order valence-corrected chi connectivity index (χ2v) is 7.72. The number of anilines is 1. The van der Waals surface area contributed by atoms with Crippen LogP contribution in [-0.4, -0.2) is 35.0 Å². The maximum absolute atomic E-state index is 13.0. The summed E-state index contributed by atoms with van der Waals surface area (Å²) < 4.78 is 16.6. The van der Waals surface area contributed by atoms with Gasteiger partial charge in [0, 0.05) is 0 Å². The average Bonchev–Trinajstić information content (AvgIpc) is 3.30. The van der Waals surface area contributed by atoms with E-state index in [9.17, 15) is 14.7 Å². The van der Waals surface area contributed by atoms with Crippen molar-refractivity contribution >= 4 is 29.4 Å². The number of rotatable bonds is 7. The number of carboxylic acid groups (broad SMARTS) is 1. The van der Waals surface area contributed by atoms with E-state index < -0.39 is 5.97 Å². The Hall–Kier alpha value is -4.40. The predicted molar refractivity (Wildman–Crippen MR) is 125 cm³/mol. The lowest BCUT2D eigenvalue weighted by atomic mass is 10.1. The molecule has 3 aromatic rings. The molecule has 0 saturated carbocycles. The Labute approximate surface area is 195 Å². The highest BCUT2D eigenvalue weighted by Gasteiger charge is 2.29. The SMILES string of the molecule is COc1cc(/C=C2\C(=O)N(c3cccc(C(=O)O)c3)N=C2C)ccc1OCc1c(C)noc1C. The zero-order valence-corrected chi connectivity index (χ0v) is 19.2. The molecule has 0 bridgehead atoms. The molecule has 0 atom stereocenters. The van der Waals surface area contributed by atoms with Crippen LogP contribution in [0.3, 0.4) is 0 Å². The minimum absolute atomic E-state index is 0.0764. The molecule has 0 radical (unpaired) electrons.